The van der Waals surface area contributed by atoms with Gasteiger partial charge in [-0.05, 0) is 48.9 Å². The van der Waals surface area contributed by atoms with E-state index < -0.39 is 0 Å². The summed E-state index contributed by atoms with van der Waals surface area (Å²) < 4.78 is 10.8. The molecule has 0 N–H and O–H groups in total. The fourth-order valence-corrected chi connectivity index (χ4v) is 1.49. The maximum atomic E-state index is 10.5. The van der Waals surface area contributed by atoms with Crippen LogP contribution in [-0.2, 0) is 0 Å². The number of carbonyl (C=O) groups is 1. The van der Waals surface area contributed by atoms with Crippen LogP contribution in [0.15, 0.2) is 53.0 Å². The molecular weight excluding hydrogens is 228 g/mol. The number of furan rings is 1. The molecule has 0 unspecified atom stereocenters. The first-order valence-electron chi connectivity index (χ1n) is 5.61. The molecule has 18 heavy (non-hydrogen) atoms. The van der Waals surface area contributed by atoms with Crippen molar-refractivity contribution in [2.75, 3.05) is 6.61 Å². The molecule has 0 radical (unpaired) electrons. The van der Waals surface area contributed by atoms with Crippen molar-refractivity contribution in [3.05, 3.63) is 54.3 Å². The molecule has 1 heterocycles. The predicted molar refractivity (Wildman–Crippen MR) is 69.8 cm³/mol. The molecule has 1 aromatic heterocycles. The Bertz CT molecular complexity index is 549. The van der Waals surface area contributed by atoms with Gasteiger partial charge in [-0.2, -0.15) is 0 Å². The van der Waals surface area contributed by atoms with Gasteiger partial charge in [-0.1, -0.05) is 6.58 Å². The predicted octanol–water partition coefficient (Wildman–Crippen LogP) is 3.71. The van der Waals surface area contributed by atoms with Crippen LogP contribution < -0.4 is 4.74 Å². The smallest absolute Gasteiger partial charge is 0.185 e. The molecule has 2 aromatic rings. The van der Waals surface area contributed by atoms with Gasteiger partial charge in [0.05, 0.1) is 0 Å². The van der Waals surface area contributed by atoms with E-state index in [9.17, 15) is 4.79 Å². The highest BCUT2D eigenvalue weighted by Gasteiger charge is 2.04. The molecular formula is C15H14O3. The number of hydrogen-bond donors (Lipinski definition) is 0. The molecule has 0 atom stereocenters. The number of rotatable bonds is 5. The first-order valence-corrected chi connectivity index (χ1v) is 5.61. The second-order valence-electron chi connectivity index (χ2n) is 4.09. The standard InChI is InChI=1S/C15H14O3/c1-11(2)10-17-13-5-3-12(4-6-13)15-8-7-14(9-16)18-15/h3-9H,1,10H2,2H3. The summed E-state index contributed by atoms with van der Waals surface area (Å²) in [6.45, 7) is 6.20. The van der Waals surface area contributed by atoms with Crippen LogP contribution in [0.3, 0.4) is 0 Å². The van der Waals surface area contributed by atoms with Crippen LogP contribution in [0, 0.1) is 0 Å². The van der Waals surface area contributed by atoms with Gasteiger partial charge in [0.2, 0.25) is 0 Å². The molecule has 1 aromatic carbocycles. The molecule has 0 amide bonds. The SMILES string of the molecule is C=C(C)COc1ccc(-c2ccc(C=O)o2)cc1. The quantitative estimate of drug-likeness (QED) is 0.592. The minimum absolute atomic E-state index is 0.326. The van der Waals surface area contributed by atoms with E-state index in [2.05, 4.69) is 6.58 Å². The van der Waals surface area contributed by atoms with Crippen molar-refractivity contribution in [3.63, 3.8) is 0 Å². The van der Waals surface area contributed by atoms with Crippen LogP contribution in [0.5, 0.6) is 5.75 Å². The van der Waals surface area contributed by atoms with Gasteiger partial charge < -0.3 is 9.15 Å². The van der Waals surface area contributed by atoms with Crippen molar-refractivity contribution >= 4 is 6.29 Å². The third-order valence-corrected chi connectivity index (χ3v) is 2.37. The van der Waals surface area contributed by atoms with E-state index in [1.54, 1.807) is 12.1 Å². The molecule has 0 fully saturated rings. The Morgan fingerprint density at radius 3 is 2.56 bits per heavy atom. The van der Waals surface area contributed by atoms with Crippen LogP contribution >= 0.6 is 0 Å². The monoisotopic (exact) mass is 242 g/mol. The van der Waals surface area contributed by atoms with E-state index >= 15 is 0 Å². The number of carbonyl (C=O) groups excluding carboxylic acids is 1. The maximum Gasteiger partial charge on any atom is 0.185 e. The summed E-state index contributed by atoms with van der Waals surface area (Å²) in [5, 5.41) is 0. The number of aldehydes is 1. The van der Waals surface area contributed by atoms with Gasteiger partial charge in [0.15, 0.2) is 12.0 Å². The summed E-state index contributed by atoms with van der Waals surface area (Å²) in [5.41, 5.74) is 1.88. The molecule has 3 heteroatoms. The Balaban J connectivity index is 2.11. The summed E-state index contributed by atoms with van der Waals surface area (Å²) >= 11 is 0. The molecule has 0 saturated carbocycles. The summed E-state index contributed by atoms with van der Waals surface area (Å²) in [5.74, 6) is 1.78. The largest absolute Gasteiger partial charge is 0.489 e. The molecule has 0 aliphatic rings. The highest BCUT2D eigenvalue weighted by molar-refractivity contribution is 5.72. The lowest BCUT2D eigenvalue weighted by molar-refractivity contribution is 0.110. The molecule has 0 aliphatic heterocycles. The Hall–Kier alpha value is -2.29. The van der Waals surface area contributed by atoms with Crippen LogP contribution in [0.25, 0.3) is 11.3 Å². The normalized spacial score (nSPS) is 10.1. The van der Waals surface area contributed by atoms with Crippen LogP contribution in [-0.4, -0.2) is 12.9 Å². The van der Waals surface area contributed by atoms with Gasteiger partial charge in [-0.3, -0.25) is 4.79 Å². The van der Waals surface area contributed by atoms with E-state index in [0.717, 1.165) is 16.9 Å². The zero-order valence-corrected chi connectivity index (χ0v) is 10.2. The van der Waals surface area contributed by atoms with E-state index in [4.69, 9.17) is 9.15 Å². The first kappa shape index (κ1) is 12.2. The van der Waals surface area contributed by atoms with Crippen LogP contribution in [0.2, 0.25) is 0 Å². The fraction of sp³-hybridized carbons (Fsp3) is 0.133. The Labute approximate surface area is 106 Å². The Kier molecular flexibility index (Phi) is 3.63. The van der Waals surface area contributed by atoms with E-state index in [1.165, 1.54) is 0 Å². The van der Waals surface area contributed by atoms with E-state index in [-0.39, 0.29) is 0 Å². The third-order valence-electron chi connectivity index (χ3n) is 2.37. The van der Waals surface area contributed by atoms with Gasteiger partial charge in [0, 0.05) is 5.56 Å². The summed E-state index contributed by atoms with van der Waals surface area (Å²) in [6, 6.07) is 10.9. The molecule has 3 nitrogen and oxygen atoms in total. The van der Waals surface area contributed by atoms with Gasteiger partial charge >= 0.3 is 0 Å². The highest BCUT2D eigenvalue weighted by atomic mass is 16.5. The zero-order chi connectivity index (χ0) is 13.0. The fourth-order valence-electron chi connectivity index (χ4n) is 1.49. The Morgan fingerprint density at radius 2 is 2.00 bits per heavy atom. The molecule has 0 spiro atoms. The van der Waals surface area contributed by atoms with Crippen LogP contribution in [0.4, 0.5) is 0 Å². The number of hydrogen-bond acceptors (Lipinski definition) is 3. The maximum absolute atomic E-state index is 10.5. The topological polar surface area (TPSA) is 39.4 Å². The van der Waals surface area contributed by atoms with Crippen molar-refractivity contribution in [1.82, 2.24) is 0 Å². The molecule has 2 rings (SSSR count). The van der Waals surface area contributed by atoms with Crippen molar-refractivity contribution in [2.24, 2.45) is 0 Å². The van der Waals surface area contributed by atoms with Crippen molar-refractivity contribution in [3.8, 4) is 17.1 Å². The minimum atomic E-state index is 0.326. The van der Waals surface area contributed by atoms with Gasteiger partial charge in [-0.15, -0.1) is 0 Å². The van der Waals surface area contributed by atoms with Gasteiger partial charge in [-0.25, -0.2) is 0 Å². The molecule has 0 bridgehead atoms. The van der Waals surface area contributed by atoms with E-state index in [1.807, 2.05) is 31.2 Å². The van der Waals surface area contributed by atoms with Crippen molar-refractivity contribution in [2.45, 2.75) is 6.92 Å². The highest BCUT2D eigenvalue weighted by Crippen LogP contribution is 2.24. The zero-order valence-electron chi connectivity index (χ0n) is 10.2. The average molecular weight is 242 g/mol. The second kappa shape index (κ2) is 5.36. The number of ether oxygens (including phenoxy) is 1. The molecule has 92 valence electrons. The van der Waals surface area contributed by atoms with Gasteiger partial charge in [0.1, 0.15) is 18.1 Å². The average Bonchev–Trinajstić information content (AvgIpc) is 2.85. The minimum Gasteiger partial charge on any atom is -0.489 e. The number of benzene rings is 1. The first-order chi connectivity index (χ1) is 8.69. The van der Waals surface area contributed by atoms with Crippen LogP contribution in [0.1, 0.15) is 17.5 Å². The second-order valence-corrected chi connectivity index (χ2v) is 4.09. The lowest BCUT2D eigenvalue weighted by atomic mass is 10.2. The van der Waals surface area contributed by atoms with Gasteiger partial charge in [0.25, 0.3) is 0 Å². The lowest BCUT2D eigenvalue weighted by Gasteiger charge is -2.05. The third kappa shape index (κ3) is 2.88. The van der Waals surface area contributed by atoms with Crippen molar-refractivity contribution < 1.29 is 13.9 Å². The van der Waals surface area contributed by atoms with Crippen molar-refractivity contribution in [1.29, 1.82) is 0 Å². The summed E-state index contributed by atoms with van der Waals surface area (Å²) in [7, 11) is 0. The summed E-state index contributed by atoms with van der Waals surface area (Å²) in [6.07, 6.45) is 0.688. The molecule has 0 saturated heterocycles. The Morgan fingerprint density at radius 1 is 1.28 bits per heavy atom. The molecule has 0 aliphatic carbocycles. The van der Waals surface area contributed by atoms with E-state index in [0.29, 0.717) is 24.4 Å². The lowest BCUT2D eigenvalue weighted by Crippen LogP contribution is -1.96. The summed E-state index contributed by atoms with van der Waals surface area (Å²) in [4.78, 5) is 10.5.